The number of aromatic nitrogens is 1. The number of amides is 2. The molecule has 0 aliphatic rings. The van der Waals surface area contributed by atoms with Gasteiger partial charge in [-0.25, -0.2) is 0 Å². The van der Waals surface area contributed by atoms with Gasteiger partial charge in [-0.3, -0.25) is 14.6 Å². The van der Waals surface area contributed by atoms with Crippen molar-refractivity contribution in [3.63, 3.8) is 0 Å². The zero-order chi connectivity index (χ0) is 15.1. The van der Waals surface area contributed by atoms with Gasteiger partial charge < -0.3 is 10.6 Å². The summed E-state index contributed by atoms with van der Waals surface area (Å²) in [5.74, 6) is -0.672. The number of rotatable bonds is 5. The van der Waals surface area contributed by atoms with Crippen LogP contribution in [0.2, 0.25) is 5.02 Å². The number of nitrogens with zero attached hydrogens (tertiary/aromatic N) is 1. The average molecular weight is 304 g/mol. The van der Waals surface area contributed by atoms with Crippen LogP contribution in [0.5, 0.6) is 0 Å². The number of nitrogens with one attached hydrogen (secondary N) is 2. The number of benzene rings is 1. The largest absolute Gasteiger partial charge is 0.349 e. The van der Waals surface area contributed by atoms with Crippen LogP contribution in [0.4, 0.5) is 0 Å². The fraction of sp³-hybridized carbons (Fsp3) is 0.133. The Balaban J connectivity index is 1.79. The molecule has 0 radical (unpaired) electrons. The third-order valence-corrected chi connectivity index (χ3v) is 3.05. The van der Waals surface area contributed by atoms with Gasteiger partial charge in [-0.2, -0.15) is 0 Å². The third-order valence-electron chi connectivity index (χ3n) is 2.72. The standard InChI is InChI=1S/C15H14ClN3O2/c16-13-7-2-1-6-12(13)15(21)19-10-14(20)18-9-11-5-3-4-8-17-11/h1-8H,9-10H2,(H,18,20)(H,19,21). The Labute approximate surface area is 127 Å². The highest BCUT2D eigenvalue weighted by atomic mass is 35.5. The fourth-order valence-corrected chi connectivity index (χ4v) is 1.88. The molecular weight excluding hydrogens is 290 g/mol. The van der Waals surface area contributed by atoms with Gasteiger partial charge in [-0.15, -0.1) is 0 Å². The van der Waals surface area contributed by atoms with Crippen LogP contribution in [-0.2, 0) is 11.3 Å². The van der Waals surface area contributed by atoms with Crippen molar-refractivity contribution < 1.29 is 9.59 Å². The van der Waals surface area contributed by atoms with E-state index in [4.69, 9.17) is 11.6 Å². The molecule has 0 saturated heterocycles. The number of carbonyl (C=O) groups excluding carboxylic acids is 2. The average Bonchev–Trinajstić information content (AvgIpc) is 2.52. The van der Waals surface area contributed by atoms with Crippen molar-refractivity contribution in [1.82, 2.24) is 15.6 Å². The highest BCUT2D eigenvalue weighted by Crippen LogP contribution is 2.14. The van der Waals surface area contributed by atoms with Gasteiger partial charge in [-0.1, -0.05) is 29.8 Å². The Hall–Kier alpha value is -2.40. The SMILES string of the molecule is O=C(CNC(=O)c1ccccc1Cl)NCc1ccccn1. The predicted molar refractivity (Wildman–Crippen MR) is 79.9 cm³/mol. The zero-order valence-corrected chi connectivity index (χ0v) is 11.9. The maximum atomic E-state index is 11.9. The molecule has 0 aliphatic heterocycles. The minimum absolute atomic E-state index is 0.114. The molecule has 0 bridgehead atoms. The Bertz CT molecular complexity index is 632. The Kier molecular flexibility index (Phi) is 5.29. The summed E-state index contributed by atoms with van der Waals surface area (Å²) in [6.07, 6.45) is 1.65. The van der Waals surface area contributed by atoms with E-state index in [0.29, 0.717) is 17.1 Å². The first kappa shape index (κ1) is 15.0. The smallest absolute Gasteiger partial charge is 0.253 e. The van der Waals surface area contributed by atoms with Crippen LogP contribution in [-0.4, -0.2) is 23.3 Å². The van der Waals surface area contributed by atoms with E-state index < -0.39 is 0 Å². The molecule has 1 heterocycles. The van der Waals surface area contributed by atoms with Crippen LogP contribution in [0.25, 0.3) is 0 Å². The number of halogens is 1. The Morgan fingerprint density at radius 3 is 2.52 bits per heavy atom. The van der Waals surface area contributed by atoms with E-state index in [2.05, 4.69) is 15.6 Å². The van der Waals surface area contributed by atoms with E-state index in [1.54, 1.807) is 36.5 Å². The first-order chi connectivity index (χ1) is 10.2. The summed E-state index contributed by atoms with van der Waals surface area (Å²) in [6, 6.07) is 12.1. The summed E-state index contributed by atoms with van der Waals surface area (Å²) in [7, 11) is 0. The number of carbonyl (C=O) groups is 2. The highest BCUT2D eigenvalue weighted by molar-refractivity contribution is 6.33. The first-order valence-electron chi connectivity index (χ1n) is 6.36. The van der Waals surface area contributed by atoms with Gasteiger partial charge in [0, 0.05) is 6.20 Å². The molecule has 0 atom stereocenters. The normalized spacial score (nSPS) is 9.95. The van der Waals surface area contributed by atoms with E-state index >= 15 is 0 Å². The van der Waals surface area contributed by atoms with Gasteiger partial charge in [0.25, 0.3) is 5.91 Å². The molecular formula is C15H14ClN3O2. The van der Waals surface area contributed by atoms with E-state index in [-0.39, 0.29) is 18.4 Å². The summed E-state index contributed by atoms with van der Waals surface area (Å²) in [5, 5.41) is 5.54. The quantitative estimate of drug-likeness (QED) is 0.884. The number of hydrogen-bond donors (Lipinski definition) is 2. The maximum Gasteiger partial charge on any atom is 0.253 e. The van der Waals surface area contributed by atoms with Crippen LogP contribution in [0.1, 0.15) is 16.1 Å². The molecule has 2 N–H and O–H groups in total. The van der Waals surface area contributed by atoms with Crippen LogP contribution in [0.15, 0.2) is 48.7 Å². The molecule has 5 nitrogen and oxygen atoms in total. The lowest BCUT2D eigenvalue weighted by atomic mass is 10.2. The van der Waals surface area contributed by atoms with Crippen LogP contribution in [0.3, 0.4) is 0 Å². The predicted octanol–water partition coefficient (Wildman–Crippen LogP) is 1.78. The molecule has 1 aromatic carbocycles. The van der Waals surface area contributed by atoms with Crippen molar-refractivity contribution in [1.29, 1.82) is 0 Å². The van der Waals surface area contributed by atoms with E-state index in [1.165, 1.54) is 0 Å². The van der Waals surface area contributed by atoms with Crippen LogP contribution < -0.4 is 10.6 Å². The van der Waals surface area contributed by atoms with Gasteiger partial charge in [0.2, 0.25) is 5.91 Å². The summed E-state index contributed by atoms with van der Waals surface area (Å²) in [4.78, 5) is 27.6. The molecule has 0 spiro atoms. The second kappa shape index (κ2) is 7.40. The molecule has 2 rings (SSSR count). The minimum atomic E-state index is -0.381. The lowest BCUT2D eigenvalue weighted by Gasteiger charge is -2.07. The topological polar surface area (TPSA) is 71.1 Å². The number of hydrogen-bond acceptors (Lipinski definition) is 3. The van der Waals surface area contributed by atoms with Gasteiger partial charge in [-0.05, 0) is 24.3 Å². The summed E-state index contributed by atoms with van der Waals surface area (Å²) < 4.78 is 0. The summed E-state index contributed by atoms with van der Waals surface area (Å²) in [5.41, 5.74) is 1.10. The van der Waals surface area contributed by atoms with E-state index in [0.717, 1.165) is 5.69 Å². The lowest BCUT2D eigenvalue weighted by molar-refractivity contribution is -0.120. The second-order valence-corrected chi connectivity index (χ2v) is 4.67. The minimum Gasteiger partial charge on any atom is -0.349 e. The molecule has 1 aromatic heterocycles. The molecule has 0 saturated carbocycles. The van der Waals surface area contributed by atoms with Gasteiger partial charge in [0.1, 0.15) is 0 Å². The number of pyridine rings is 1. The van der Waals surface area contributed by atoms with Crippen molar-refractivity contribution in [2.24, 2.45) is 0 Å². The molecule has 108 valence electrons. The lowest BCUT2D eigenvalue weighted by Crippen LogP contribution is -2.36. The summed E-state index contributed by atoms with van der Waals surface area (Å²) >= 11 is 5.91. The van der Waals surface area contributed by atoms with Crippen molar-refractivity contribution in [2.45, 2.75) is 6.54 Å². The van der Waals surface area contributed by atoms with Crippen LogP contribution in [0, 0.1) is 0 Å². The van der Waals surface area contributed by atoms with Gasteiger partial charge >= 0.3 is 0 Å². The molecule has 0 aliphatic carbocycles. The molecule has 0 unspecified atom stereocenters. The maximum absolute atomic E-state index is 11.9. The Morgan fingerprint density at radius 1 is 1.05 bits per heavy atom. The second-order valence-electron chi connectivity index (χ2n) is 4.26. The first-order valence-corrected chi connectivity index (χ1v) is 6.74. The van der Waals surface area contributed by atoms with Crippen molar-refractivity contribution in [2.75, 3.05) is 6.54 Å². The zero-order valence-electron chi connectivity index (χ0n) is 11.2. The van der Waals surface area contributed by atoms with Gasteiger partial charge in [0.05, 0.1) is 29.4 Å². The monoisotopic (exact) mass is 303 g/mol. The third kappa shape index (κ3) is 4.57. The van der Waals surface area contributed by atoms with Crippen molar-refractivity contribution >= 4 is 23.4 Å². The van der Waals surface area contributed by atoms with Crippen molar-refractivity contribution in [3.05, 3.63) is 64.9 Å². The molecule has 0 fully saturated rings. The Morgan fingerprint density at radius 2 is 1.81 bits per heavy atom. The summed E-state index contributed by atoms with van der Waals surface area (Å²) in [6.45, 7) is 0.207. The molecule has 6 heteroatoms. The molecule has 21 heavy (non-hydrogen) atoms. The van der Waals surface area contributed by atoms with Gasteiger partial charge in [0.15, 0.2) is 0 Å². The molecule has 2 amide bonds. The van der Waals surface area contributed by atoms with E-state index in [1.807, 2.05) is 12.1 Å². The highest BCUT2D eigenvalue weighted by Gasteiger charge is 2.10. The molecule has 2 aromatic rings. The van der Waals surface area contributed by atoms with E-state index in [9.17, 15) is 9.59 Å². The van der Waals surface area contributed by atoms with Crippen LogP contribution >= 0.6 is 11.6 Å². The fourth-order valence-electron chi connectivity index (χ4n) is 1.66. The van der Waals surface area contributed by atoms with Crippen molar-refractivity contribution in [3.8, 4) is 0 Å².